The van der Waals surface area contributed by atoms with Crippen molar-refractivity contribution < 1.29 is 9.59 Å². The zero-order chi connectivity index (χ0) is 15.0. The van der Waals surface area contributed by atoms with Crippen LogP contribution in [0.4, 0.5) is 0 Å². The molecule has 3 nitrogen and oxygen atoms in total. The molecule has 0 N–H and O–H groups in total. The SMILES string of the molecule is CCCCN1C(=O)c2cccc3c(CC)ccc(c23)C1=O. The molecule has 3 rings (SSSR count). The van der Waals surface area contributed by atoms with Gasteiger partial charge >= 0.3 is 0 Å². The van der Waals surface area contributed by atoms with Gasteiger partial charge in [-0.1, -0.05) is 38.5 Å². The summed E-state index contributed by atoms with van der Waals surface area (Å²) in [5.74, 6) is -0.306. The van der Waals surface area contributed by atoms with Gasteiger partial charge in [0.15, 0.2) is 0 Å². The van der Waals surface area contributed by atoms with Gasteiger partial charge in [0.05, 0.1) is 0 Å². The van der Waals surface area contributed by atoms with Gasteiger partial charge in [0.1, 0.15) is 0 Å². The van der Waals surface area contributed by atoms with Crippen LogP contribution in [0, 0.1) is 0 Å². The maximum absolute atomic E-state index is 12.6. The molecule has 3 heteroatoms. The number of carbonyl (C=O) groups is 2. The first kappa shape index (κ1) is 13.8. The Kier molecular flexibility index (Phi) is 3.50. The third-order valence-electron chi connectivity index (χ3n) is 4.20. The number of hydrogen-bond donors (Lipinski definition) is 0. The minimum atomic E-state index is -0.153. The van der Waals surface area contributed by atoms with E-state index in [1.165, 1.54) is 10.5 Å². The van der Waals surface area contributed by atoms with Crippen LogP contribution in [0.25, 0.3) is 10.8 Å². The summed E-state index contributed by atoms with van der Waals surface area (Å²) in [5, 5.41) is 1.86. The van der Waals surface area contributed by atoms with Crippen LogP contribution >= 0.6 is 0 Å². The first-order valence-corrected chi connectivity index (χ1v) is 7.59. The van der Waals surface area contributed by atoms with Crippen molar-refractivity contribution in [2.45, 2.75) is 33.1 Å². The lowest BCUT2D eigenvalue weighted by molar-refractivity contribution is 0.0608. The summed E-state index contributed by atoms with van der Waals surface area (Å²) in [4.78, 5) is 26.6. The predicted octanol–water partition coefficient (Wildman–Crippen LogP) is 3.80. The van der Waals surface area contributed by atoms with E-state index in [1.807, 2.05) is 30.3 Å². The maximum Gasteiger partial charge on any atom is 0.261 e. The molecule has 21 heavy (non-hydrogen) atoms. The molecule has 2 amide bonds. The third-order valence-corrected chi connectivity index (χ3v) is 4.20. The van der Waals surface area contributed by atoms with Crippen molar-refractivity contribution in [3.8, 4) is 0 Å². The number of rotatable bonds is 4. The summed E-state index contributed by atoms with van der Waals surface area (Å²) < 4.78 is 0. The first-order valence-electron chi connectivity index (χ1n) is 7.59. The molecule has 0 aromatic heterocycles. The van der Waals surface area contributed by atoms with Crippen LogP contribution in [0.2, 0.25) is 0 Å². The highest BCUT2D eigenvalue weighted by Gasteiger charge is 2.32. The molecule has 2 aromatic carbocycles. The maximum atomic E-state index is 12.6. The van der Waals surface area contributed by atoms with Crippen molar-refractivity contribution in [3.05, 3.63) is 47.0 Å². The Morgan fingerprint density at radius 2 is 1.67 bits per heavy atom. The van der Waals surface area contributed by atoms with Gasteiger partial charge in [-0.15, -0.1) is 0 Å². The second-order valence-corrected chi connectivity index (χ2v) is 5.47. The molecule has 1 aliphatic rings. The Hall–Kier alpha value is -2.16. The normalized spacial score (nSPS) is 14.1. The van der Waals surface area contributed by atoms with Crippen molar-refractivity contribution in [1.29, 1.82) is 0 Å². The lowest BCUT2D eigenvalue weighted by Gasteiger charge is -2.27. The van der Waals surface area contributed by atoms with Crippen molar-refractivity contribution in [2.24, 2.45) is 0 Å². The zero-order valence-electron chi connectivity index (χ0n) is 12.5. The largest absolute Gasteiger partial charge is 0.274 e. The molecule has 0 fully saturated rings. The number of benzene rings is 2. The minimum Gasteiger partial charge on any atom is -0.274 e. The van der Waals surface area contributed by atoms with E-state index < -0.39 is 0 Å². The molecule has 0 spiro atoms. The Balaban J connectivity index is 2.22. The topological polar surface area (TPSA) is 37.4 Å². The van der Waals surface area contributed by atoms with Gasteiger partial charge in [0.25, 0.3) is 11.8 Å². The molecule has 0 bridgehead atoms. The van der Waals surface area contributed by atoms with Crippen molar-refractivity contribution >= 4 is 22.6 Å². The number of unbranched alkanes of at least 4 members (excludes halogenated alkanes) is 1. The van der Waals surface area contributed by atoms with Gasteiger partial charge in [0, 0.05) is 23.1 Å². The number of carbonyl (C=O) groups excluding carboxylic acids is 2. The van der Waals surface area contributed by atoms with E-state index in [-0.39, 0.29) is 11.8 Å². The van der Waals surface area contributed by atoms with E-state index in [4.69, 9.17) is 0 Å². The van der Waals surface area contributed by atoms with Crippen LogP contribution in [0.3, 0.4) is 0 Å². The highest BCUT2D eigenvalue weighted by atomic mass is 16.2. The zero-order valence-corrected chi connectivity index (χ0v) is 12.5. The summed E-state index contributed by atoms with van der Waals surface area (Å²) in [6.07, 6.45) is 2.70. The second-order valence-electron chi connectivity index (χ2n) is 5.47. The summed E-state index contributed by atoms with van der Waals surface area (Å²) >= 11 is 0. The number of aryl methyl sites for hydroxylation is 1. The van der Waals surface area contributed by atoms with Crippen LogP contribution < -0.4 is 0 Å². The van der Waals surface area contributed by atoms with Crippen LogP contribution in [-0.2, 0) is 6.42 Å². The molecule has 1 aliphatic heterocycles. The average molecular weight is 281 g/mol. The number of imide groups is 1. The lowest BCUT2D eigenvalue weighted by atomic mass is 9.90. The molecule has 0 aliphatic carbocycles. The summed E-state index contributed by atoms with van der Waals surface area (Å²) in [7, 11) is 0. The Morgan fingerprint density at radius 3 is 2.33 bits per heavy atom. The van der Waals surface area contributed by atoms with Gasteiger partial charge in [-0.25, -0.2) is 0 Å². The van der Waals surface area contributed by atoms with Crippen molar-refractivity contribution in [1.82, 2.24) is 4.90 Å². The van der Waals surface area contributed by atoms with Crippen molar-refractivity contribution in [3.63, 3.8) is 0 Å². The fourth-order valence-corrected chi connectivity index (χ4v) is 3.03. The fraction of sp³-hybridized carbons (Fsp3) is 0.333. The van der Waals surface area contributed by atoms with Gasteiger partial charge in [-0.2, -0.15) is 0 Å². The number of nitrogens with zero attached hydrogens (tertiary/aromatic N) is 1. The van der Waals surface area contributed by atoms with E-state index in [9.17, 15) is 9.59 Å². The molecule has 1 heterocycles. The van der Waals surface area contributed by atoms with Crippen LogP contribution in [-0.4, -0.2) is 23.3 Å². The monoisotopic (exact) mass is 281 g/mol. The van der Waals surface area contributed by atoms with Crippen LogP contribution in [0.15, 0.2) is 30.3 Å². The molecule has 0 radical (unpaired) electrons. The van der Waals surface area contributed by atoms with Gasteiger partial charge in [0.2, 0.25) is 0 Å². The average Bonchev–Trinajstić information content (AvgIpc) is 2.52. The second kappa shape index (κ2) is 5.32. The van der Waals surface area contributed by atoms with E-state index in [1.54, 1.807) is 0 Å². The highest BCUT2D eigenvalue weighted by Crippen LogP contribution is 2.32. The smallest absolute Gasteiger partial charge is 0.261 e. The third kappa shape index (κ3) is 2.04. The lowest BCUT2D eigenvalue weighted by Crippen LogP contribution is -2.40. The summed E-state index contributed by atoms with van der Waals surface area (Å²) in [6.45, 7) is 4.64. The molecule has 0 saturated heterocycles. The van der Waals surface area contributed by atoms with E-state index in [0.717, 1.165) is 30.0 Å². The highest BCUT2D eigenvalue weighted by molar-refractivity contribution is 6.25. The summed E-state index contributed by atoms with van der Waals surface area (Å²) in [6, 6.07) is 9.63. The van der Waals surface area contributed by atoms with E-state index in [2.05, 4.69) is 13.8 Å². The molecule has 0 saturated carbocycles. The molecule has 108 valence electrons. The van der Waals surface area contributed by atoms with Crippen molar-refractivity contribution in [2.75, 3.05) is 6.54 Å². The number of amides is 2. The standard InChI is InChI=1S/C18H19NO2/c1-3-5-11-19-17(20)14-8-6-7-13-12(4-2)9-10-15(16(13)14)18(19)21/h6-10H,3-5,11H2,1-2H3. The Bertz CT molecular complexity index is 711. The predicted molar refractivity (Wildman–Crippen MR) is 83.6 cm³/mol. The first-order chi connectivity index (χ1) is 10.2. The minimum absolute atomic E-state index is 0.153. The van der Waals surface area contributed by atoms with E-state index in [0.29, 0.717) is 17.7 Å². The van der Waals surface area contributed by atoms with Crippen LogP contribution in [0.1, 0.15) is 53.0 Å². The Morgan fingerprint density at radius 1 is 0.952 bits per heavy atom. The van der Waals surface area contributed by atoms with Gasteiger partial charge in [-0.05, 0) is 35.9 Å². The Labute approximate surface area is 124 Å². The van der Waals surface area contributed by atoms with Crippen LogP contribution in [0.5, 0.6) is 0 Å². The molecular weight excluding hydrogens is 262 g/mol. The molecule has 0 unspecified atom stereocenters. The molecular formula is C18H19NO2. The quantitative estimate of drug-likeness (QED) is 0.799. The van der Waals surface area contributed by atoms with E-state index >= 15 is 0 Å². The molecule has 0 atom stereocenters. The number of hydrogen-bond acceptors (Lipinski definition) is 2. The molecule has 2 aromatic rings. The summed E-state index contributed by atoms with van der Waals surface area (Å²) in [5.41, 5.74) is 2.50. The van der Waals surface area contributed by atoms with Gasteiger partial charge < -0.3 is 0 Å². The van der Waals surface area contributed by atoms with Gasteiger partial charge in [-0.3, -0.25) is 14.5 Å². The fourth-order valence-electron chi connectivity index (χ4n) is 3.03.